The highest BCUT2D eigenvalue weighted by Gasteiger charge is 2.44. The van der Waals surface area contributed by atoms with Gasteiger partial charge in [0.25, 0.3) is 0 Å². The lowest BCUT2D eigenvalue weighted by Crippen LogP contribution is -2.56. The molecule has 1 unspecified atom stereocenters. The first-order valence-electron chi connectivity index (χ1n) is 7.86. The van der Waals surface area contributed by atoms with Crippen molar-refractivity contribution in [2.75, 3.05) is 39.8 Å². The fraction of sp³-hybridized carbons (Fsp3) is 0.529. The van der Waals surface area contributed by atoms with Crippen LogP contribution in [0.5, 0.6) is 0 Å². The van der Waals surface area contributed by atoms with E-state index in [-0.39, 0.29) is 19.1 Å². The van der Waals surface area contributed by atoms with E-state index in [1.54, 1.807) is 11.8 Å². The van der Waals surface area contributed by atoms with E-state index in [9.17, 15) is 9.59 Å². The highest BCUT2D eigenvalue weighted by Crippen LogP contribution is 2.22. The number of amides is 1. The van der Waals surface area contributed by atoms with Crippen molar-refractivity contribution >= 4 is 11.9 Å². The molecule has 0 spiro atoms. The van der Waals surface area contributed by atoms with Crippen molar-refractivity contribution in [2.24, 2.45) is 11.1 Å². The molecule has 2 N–H and O–H groups in total. The third kappa shape index (κ3) is 4.09. The summed E-state index contributed by atoms with van der Waals surface area (Å²) in [5.74, 6) is -0.807. The van der Waals surface area contributed by atoms with Gasteiger partial charge in [0.15, 0.2) is 5.41 Å². The van der Waals surface area contributed by atoms with Crippen molar-refractivity contribution in [1.82, 2.24) is 9.80 Å². The molecule has 1 aliphatic heterocycles. The molecule has 1 atom stereocenters. The molecule has 1 aliphatic rings. The van der Waals surface area contributed by atoms with Gasteiger partial charge in [-0.2, -0.15) is 0 Å². The number of ether oxygens (including phenoxy) is 1. The summed E-state index contributed by atoms with van der Waals surface area (Å²) in [6.07, 6.45) is 0. The van der Waals surface area contributed by atoms with Crippen LogP contribution in [0, 0.1) is 5.41 Å². The third-order valence-corrected chi connectivity index (χ3v) is 4.33. The lowest BCUT2D eigenvalue weighted by Gasteiger charge is -2.37. The average Bonchev–Trinajstić information content (AvgIpc) is 2.59. The molecule has 1 aromatic rings. The molecule has 0 aromatic heterocycles. The van der Waals surface area contributed by atoms with E-state index in [2.05, 4.69) is 4.90 Å². The maximum absolute atomic E-state index is 12.7. The van der Waals surface area contributed by atoms with Gasteiger partial charge in [-0.1, -0.05) is 30.3 Å². The van der Waals surface area contributed by atoms with Crippen LogP contribution in [0.25, 0.3) is 0 Å². The standard InChI is InChI=1S/C17H25N3O3/c1-17(13-18,15(21)20-10-8-19(2)9-11-20)16(22)23-12-14-6-4-3-5-7-14/h3-7H,8-13,18H2,1-2H3. The van der Waals surface area contributed by atoms with Crippen LogP contribution in [-0.4, -0.2) is 61.4 Å². The number of rotatable bonds is 5. The first-order valence-corrected chi connectivity index (χ1v) is 7.86. The molecule has 1 aromatic carbocycles. The van der Waals surface area contributed by atoms with Crippen molar-refractivity contribution in [3.63, 3.8) is 0 Å². The number of hydrogen-bond acceptors (Lipinski definition) is 5. The number of likely N-dealkylation sites (N-methyl/N-ethyl adjacent to an activating group) is 1. The van der Waals surface area contributed by atoms with E-state index < -0.39 is 11.4 Å². The average molecular weight is 319 g/mol. The van der Waals surface area contributed by atoms with Crippen LogP contribution in [0.2, 0.25) is 0 Å². The summed E-state index contributed by atoms with van der Waals surface area (Å²) in [4.78, 5) is 29.0. The van der Waals surface area contributed by atoms with Gasteiger partial charge in [-0.05, 0) is 19.5 Å². The van der Waals surface area contributed by atoms with Crippen molar-refractivity contribution in [1.29, 1.82) is 0 Å². The van der Waals surface area contributed by atoms with Crippen LogP contribution in [0.4, 0.5) is 0 Å². The van der Waals surface area contributed by atoms with E-state index in [1.165, 1.54) is 0 Å². The molecule has 0 saturated carbocycles. The first kappa shape index (κ1) is 17.4. The van der Waals surface area contributed by atoms with Gasteiger partial charge in [-0.25, -0.2) is 0 Å². The Kier molecular flexibility index (Phi) is 5.74. The van der Waals surface area contributed by atoms with Crippen LogP contribution < -0.4 is 5.73 Å². The fourth-order valence-electron chi connectivity index (χ4n) is 2.50. The highest BCUT2D eigenvalue weighted by atomic mass is 16.5. The summed E-state index contributed by atoms with van der Waals surface area (Å²) in [6.45, 7) is 4.46. The fourth-order valence-corrected chi connectivity index (χ4v) is 2.50. The number of carbonyl (C=O) groups excluding carboxylic acids is 2. The van der Waals surface area contributed by atoms with E-state index in [0.717, 1.165) is 18.7 Å². The number of hydrogen-bond donors (Lipinski definition) is 1. The molecule has 23 heavy (non-hydrogen) atoms. The molecule has 6 nitrogen and oxygen atoms in total. The molecular weight excluding hydrogens is 294 g/mol. The van der Waals surface area contributed by atoms with Crippen LogP contribution in [0.15, 0.2) is 30.3 Å². The number of nitrogens with two attached hydrogens (primary N) is 1. The predicted molar refractivity (Wildman–Crippen MR) is 87.5 cm³/mol. The van der Waals surface area contributed by atoms with Gasteiger partial charge in [0.05, 0.1) is 0 Å². The Morgan fingerprint density at radius 3 is 2.35 bits per heavy atom. The lowest BCUT2D eigenvalue weighted by molar-refractivity contribution is -0.165. The summed E-state index contributed by atoms with van der Waals surface area (Å²) in [7, 11) is 2.01. The number of benzene rings is 1. The second-order valence-corrected chi connectivity index (χ2v) is 6.19. The third-order valence-electron chi connectivity index (χ3n) is 4.33. The Morgan fingerprint density at radius 2 is 1.78 bits per heavy atom. The maximum Gasteiger partial charge on any atom is 0.323 e. The number of esters is 1. The monoisotopic (exact) mass is 319 g/mol. The Balaban J connectivity index is 2.00. The zero-order chi connectivity index (χ0) is 16.9. The molecule has 0 aliphatic carbocycles. The van der Waals surface area contributed by atoms with Crippen LogP contribution in [0.1, 0.15) is 12.5 Å². The minimum absolute atomic E-state index is 0.0637. The zero-order valence-corrected chi connectivity index (χ0v) is 13.8. The Bertz CT molecular complexity index is 541. The minimum atomic E-state index is -1.33. The van der Waals surface area contributed by atoms with Crippen LogP contribution >= 0.6 is 0 Å². The molecule has 126 valence electrons. The minimum Gasteiger partial charge on any atom is -0.460 e. The molecule has 1 heterocycles. The van der Waals surface area contributed by atoms with Gasteiger partial charge in [0, 0.05) is 32.7 Å². The number of piperazine rings is 1. The largest absolute Gasteiger partial charge is 0.460 e. The summed E-state index contributed by atoms with van der Waals surface area (Å²) < 4.78 is 5.34. The second-order valence-electron chi connectivity index (χ2n) is 6.19. The van der Waals surface area contributed by atoms with Gasteiger partial charge in [-0.15, -0.1) is 0 Å². The van der Waals surface area contributed by atoms with Gasteiger partial charge in [-0.3, -0.25) is 9.59 Å². The van der Waals surface area contributed by atoms with E-state index in [0.29, 0.717) is 13.1 Å². The van der Waals surface area contributed by atoms with Crippen LogP contribution in [0.3, 0.4) is 0 Å². The molecule has 0 bridgehead atoms. The maximum atomic E-state index is 12.7. The van der Waals surface area contributed by atoms with E-state index >= 15 is 0 Å². The highest BCUT2D eigenvalue weighted by molar-refractivity contribution is 6.02. The van der Waals surface area contributed by atoms with Crippen molar-refractivity contribution in [3.05, 3.63) is 35.9 Å². The molecular formula is C17H25N3O3. The topological polar surface area (TPSA) is 75.9 Å². The van der Waals surface area contributed by atoms with Gasteiger partial charge >= 0.3 is 5.97 Å². The molecule has 2 rings (SSSR count). The summed E-state index contributed by atoms with van der Waals surface area (Å²) in [6, 6.07) is 9.39. The number of nitrogens with zero attached hydrogens (tertiary/aromatic N) is 2. The molecule has 1 fully saturated rings. The summed E-state index contributed by atoms with van der Waals surface area (Å²) in [5.41, 5.74) is 5.31. The number of carbonyl (C=O) groups is 2. The van der Waals surface area contributed by atoms with Crippen molar-refractivity contribution in [2.45, 2.75) is 13.5 Å². The second kappa shape index (κ2) is 7.57. The molecule has 1 saturated heterocycles. The van der Waals surface area contributed by atoms with Crippen molar-refractivity contribution in [3.8, 4) is 0 Å². The Morgan fingerprint density at radius 1 is 1.17 bits per heavy atom. The van der Waals surface area contributed by atoms with Gasteiger partial charge in [0.1, 0.15) is 6.61 Å². The van der Waals surface area contributed by atoms with E-state index in [1.807, 2.05) is 37.4 Å². The zero-order valence-electron chi connectivity index (χ0n) is 13.8. The molecule has 0 radical (unpaired) electrons. The summed E-state index contributed by atoms with van der Waals surface area (Å²) in [5, 5.41) is 0. The van der Waals surface area contributed by atoms with Crippen molar-refractivity contribution < 1.29 is 14.3 Å². The first-order chi connectivity index (χ1) is 11.0. The van der Waals surface area contributed by atoms with Crippen LogP contribution in [-0.2, 0) is 20.9 Å². The quantitative estimate of drug-likeness (QED) is 0.631. The SMILES string of the molecule is CN1CCN(C(=O)C(C)(CN)C(=O)OCc2ccccc2)CC1. The summed E-state index contributed by atoms with van der Waals surface area (Å²) >= 11 is 0. The smallest absolute Gasteiger partial charge is 0.323 e. The lowest BCUT2D eigenvalue weighted by atomic mass is 9.88. The predicted octanol–water partition coefficient (Wildman–Crippen LogP) is 0.469. The normalized spacial score (nSPS) is 18.3. The van der Waals surface area contributed by atoms with Gasteiger partial charge < -0.3 is 20.3 Å². The molecule has 1 amide bonds. The Hall–Kier alpha value is -1.92. The van der Waals surface area contributed by atoms with Gasteiger partial charge in [0.2, 0.25) is 5.91 Å². The Labute approximate surface area is 137 Å². The van der Waals surface area contributed by atoms with E-state index in [4.69, 9.17) is 10.5 Å². The molecule has 6 heteroatoms.